The van der Waals surface area contributed by atoms with Crippen molar-refractivity contribution in [2.45, 2.75) is 19.4 Å². The van der Waals surface area contributed by atoms with E-state index in [1.165, 1.54) is 0 Å². The minimum Gasteiger partial charge on any atom is -0.490 e. The first-order valence-electron chi connectivity index (χ1n) is 7.84. The molecule has 5 nitrogen and oxygen atoms in total. The molecule has 0 aliphatic carbocycles. The number of fused-ring (bicyclic) bond motifs is 1. The third-order valence-electron chi connectivity index (χ3n) is 3.64. The van der Waals surface area contributed by atoms with Crippen LogP contribution in [-0.4, -0.2) is 25.2 Å². The number of rotatable bonds is 4. The molecule has 1 unspecified atom stereocenters. The molecule has 0 saturated heterocycles. The van der Waals surface area contributed by atoms with Crippen LogP contribution in [0.15, 0.2) is 46.9 Å². The van der Waals surface area contributed by atoms with Gasteiger partial charge in [0, 0.05) is 28.3 Å². The highest BCUT2D eigenvalue weighted by molar-refractivity contribution is 9.10. The molecule has 0 radical (unpaired) electrons. The normalized spacial score (nSPS) is 14.4. The number of carbonyl (C=O) groups excluding carboxylic acids is 1. The van der Waals surface area contributed by atoms with Crippen LogP contribution in [0.1, 0.15) is 13.3 Å². The molecular formula is C18H19BrN2O3. The smallest absolute Gasteiger partial charge is 0.246 e. The molecule has 0 bridgehead atoms. The maximum absolute atomic E-state index is 12.3. The van der Waals surface area contributed by atoms with Gasteiger partial charge in [0.25, 0.3) is 0 Å². The fourth-order valence-corrected chi connectivity index (χ4v) is 2.62. The van der Waals surface area contributed by atoms with E-state index in [0.717, 1.165) is 28.0 Å². The van der Waals surface area contributed by atoms with E-state index in [1.807, 2.05) is 49.4 Å². The van der Waals surface area contributed by atoms with Gasteiger partial charge in [-0.25, -0.2) is 0 Å². The Kier molecular flexibility index (Phi) is 5.25. The number of hydrogen-bond acceptors (Lipinski definition) is 4. The Morgan fingerprint density at radius 3 is 2.46 bits per heavy atom. The lowest BCUT2D eigenvalue weighted by Crippen LogP contribution is -2.31. The van der Waals surface area contributed by atoms with E-state index in [0.29, 0.717) is 19.0 Å². The lowest BCUT2D eigenvalue weighted by Gasteiger charge is -2.16. The van der Waals surface area contributed by atoms with E-state index in [1.54, 1.807) is 0 Å². The monoisotopic (exact) mass is 390 g/mol. The predicted molar refractivity (Wildman–Crippen MR) is 97.9 cm³/mol. The number of halogens is 1. The molecule has 6 heteroatoms. The lowest BCUT2D eigenvalue weighted by molar-refractivity contribution is -0.116. The van der Waals surface area contributed by atoms with Crippen LogP contribution in [0.25, 0.3) is 0 Å². The Balaban J connectivity index is 1.63. The molecule has 0 spiro atoms. The first-order valence-corrected chi connectivity index (χ1v) is 8.64. The molecular weight excluding hydrogens is 372 g/mol. The molecule has 2 aromatic rings. The summed E-state index contributed by atoms with van der Waals surface area (Å²) in [7, 11) is 0. The van der Waals surface area contributed by atoms with Crippen LogP contribution in [0.5, 0.6) is 11.5 Å². The highest BCUT2D eigenvalue weighted by atomic mass is 79.9. The summed E-state index contributed by atoms with van der Waals surface area (Å²) < 4.78 is 12.2. The summed E-state index contributed by atoms with van der Waals surface area (Å²) in [5, 5.41) is 6.07. The summed E-state index contributed by atoms with van der Waals surface area (Å²) in [5.41, 5.74) is 1.58. The largest absolute Gasteiger partial charge is 0.490 e. The molecule has 2 N–H and O–H groups in total. The maximum atomic E-state index is 12.3. The van der Waals surface area contributed by atoms with Gasteiger partial charge in [-0.05, 0) is 43.3 Å². The second-order valence-electron chi connectivity index (χ2n) is 5.57. The summed E-state index contributed by atoms with van der Waals surface area (Å²) in [6.07, 6.45) is 0.865. The number of nitrogens with one attached hydrogen (secondary N) is 2. The van der Waals surface area contributed by atoms with Gasteiger partial charge < -0.3 is 20.1 Å². The van der Waals surface area contributed by atoms with Gasteiger partial charge in [-0.15, -0.1) is 0 Å². The molecule has 0 aromatic heterocycles. The molecule has 1 aliphatic heterocycles. The quantitative estimate of drug-likeness (QED) is 0.826. The number of amides is 1. The molecule has 3 rings (SSSR count). The number of anilines is 2. The van der Waals surface area contributed by atoms with Crippen LogP contribution in [-0.2, 0) is 4.79 Å². The highest BCUT2D eigenvalue weighted by Gasteiger charge is 2.15. The van der Waals surface area contributed by atoms with Crippen LogP contribution in [0.4, 0.5) is 11.4 Å². The van der Waals surface area contributed by atoms with Crippen molar-refractivity contribution < 1.29 is 14.3 Å². The minimum absolute atomic E-state index is 0.107. The van der Waals surface area contributed by atoms with Crippen molar-refractivity contribution in [1.82, 2.24) is 0 Å². The van der Waals surface area contributed by atoms with Crippen LogP contribution >= 0.6 is 15.9 Å². The zero-order valence-corrected chi connectivity index (χ0v) is 14.9. The van der Waals surface area contributed by atoms with Gasteiger partial charge in [-0.2, -0.15) is 0 Å². The summed E-state index contributed by atoms with van der Waals surface area (Å²) >= 11 is 3.37. The van der Waals surface area contributed by atoms with Crippen molar-refractivity contribution in [1.29, 1.82) is 0 Å². The van der Waals surface area contributed by atoms with Crippen molar-refractivity contribution in [2.75, 3.05) is 23.8 Å². The fourth-order valence-electron chi connectivity index (χ4n) is 2.35. The standard InChI is InChI=1S/C18H19BrN2O3/c1-12(18(22)21-14-5-3-13(19)4-6-14)20-15-7-8-16-17(11-15)24-10-2-9-23-16/h3-8,11-12,20H,2,9-10H2,1H3,(H,21,22). The van der Waals surface area contributed by atoms with E-state index >= 15 is 0 Å². The van der Waals surface area contributed by atoms with E-state index in [4.69, 9.17) is 9.47 Å². The van der Waals surface area contributed by atoms with E-state index in [9.17, 15) is 4.79 Å². The molecule has 24 heavy (non-hydrogen) atoms. The zero-order chi connectivity index (χ0) is 16.9. The van der Waals surface area contributed by atoms with Crippen molar-refractivity contribution >= 4 is 33.2 Å². The second kappa shape index (κ2) is 7.57. The summed E-state index contributed by atoms with van der Waals surface area (Å²) in [5.74, 6) is 1.34. The van der Waals surface area contributed by atoms with Gasteiger partial charge in [-0.1, -0.05) is 15.9 Å². The van der Waals surface area contributed by atoms with E-state index in [2.05, 4.69) is 26.6 Å². The van der Waals surface area contributed by atoms with Crippen LogP contribution in [0, 0.1) is 0 Å². The van der Waals surface area contributed by atoms with Crippen molar-refractivity contribution in [3.8, 4) is 11.5 Å². The average Bonchev–Trinajstić information content (AvgIpc) is 2.81. The van der Waals surface area contributed by atoms with Gasteiger partial charge >= 0.3 is 0 Å². The van der Waals surface area contributed by atoms with Crippen molar-refractivity contribution in [3.05, 3.63) is 46.9 Å². The number of benzene rings is 2. The fraction of sp³-hybridized carbons (Fsp3) is 0.278. The molecule has 2 aromatic carbocycles. The molecule has 1 aliphatic rings. The lowest BCUT2D eigenvalue weighted by atomic mass is 10.2. The first kappa shape index (κ1) is 16.6. The second-order valence-corrected chi connectivity index (χ2v) is 6.49. The third-order valence-corrected chi connectivity index (χ3v) is 4.16. The van der Waals surface area contributed by atoms with Gasteiger partial charge in [0.05, 0.1) is 13.2 Å². The Hall–Kier alpha value is -2.21. The van der Waals surface area contributed by atoms with Gasteiger partial charge in [0.1, 0.15) is 6.04 Å². The highest BCUT2D eigenvalue weighted by Crippen LogP contribution is 2.32. The topological polar surface area (TPSA) is 59.6 Å². The molecule has 0 fully saturated rings. The minimum atomic E-state index is -0.390. The van der Waals surface area contributed by atoms with Crippen LogP contribution < -0.4 is 20.1 Å². The number of hydrogen-bond donors (Lipinski definition) is 2. The van der Waals surface area contributed by atoms with Gasteiger partial charge in [-0.3, -0.25) is 4.79 Å². The van der Waals surface area contributed by atoms with E-state index < -0.39 is 6.04 Å². The Labute approximate surface area is 149 Å². The van der Waals surface area contributed by atoms with Crippen LogP contribution in [0.2, 0.25) is 0 Å². The predicted octanol–water partition coefficient (Wildman–Crippen LogP) is 4.05. The summed E-state index contributed by atoms with van der Waals surface area (Å²) in [4.78, 5) is 12.3. The number of carbonyl (C=O) groups is 1. The first-order chi connectivity index (χ1) is 11.6. The Bertz CT molecular complexity index is 719. The summed E-state index contributed by atoms with van der Waals surface area (Å²) in [6, 6.07) is 12.7. The molecule has 1 heterocycles. The van der Waals surface area contributed by atoms with E-state index in [-0.39, 0.29) is 5.91 Å². The molecule has 1 atom stereocenters. The van der Waals surface area contributed by atoms with Gasteiger partial charge in [0.15, 0.2) is 11.5 Å². The van der Waals surface area contributed by atoms with Crippen molar-refractivity contribution in [3.63, 3.8) is 0 Å². The van der Waals surface area contributed by atoms with Gasteiger partial charge in [0.2, 0.25) is 5.91 Å². The maximum Gasteiger partial charge on any atom is 0.246 e. The SMILES string of the molecule is CC(Nc1ccc2c(c1)OCCCO2)C(=O)Nc1ccc(Br)cc1. The van der Waals surface area contributed by atoms with Crippen LogP contribution in [0.3, 0.4) is 0 Å². The van der Waals surface area contributed by atoms with Crippen molar-refractivity contribution in [2.24, 2.45) is 0 Å². The Morgan fingerprint density at radius 1 is 1.04 bits per heavy atom. The average molecular weight is 391 g/mol. The molecule has 126 valence electrons. The molecule has 0 saturated carbocycles. The zero-order valence-electron chi connectivity index (χ0n) is 13.3. The Morgan fingerprint density at radius 2 is 1.71 bits per heavy atom. The molecule has 1 amide bonds. The third kappa shape index (κ3) is 4.20. The number of ether oxygens (including phenoxy) is 2. The summed E-state index contributed by atoms with van der Waals surface area (Å²) in [6.45, 7) is 3.11.